The molecule has 1 aromatic rings. The van der Waals surface area contributed by atoms with E-state index in [1.807, 2.05) is 6.20 Å². The van der Waals surface area contributed by atoms with Crippen molar-refractivity contribution in [1.82, 2.24) is 14.5 Å². The first-order chi connectivity index (χ1) is 9.65. The highest BCUT2D eigenvalue weighted by Gasteiger charge is 2.37. The fourth-order valence-electron chi connectivity index (χ4n) is 3.63. The number of aromatic nitrogens is 2. The maximum absolute atomic E-state index is 10.7. The molecule has 1 aromatic heterocycles. The van der Waals surface area contributed by atoms with Crippen LogP contribution in [0, 0.1) is 0 Å². The zero-order valence-corrected chi connectivity index (χ0v) is 12.6. The van der Waals surface area contributed by atoms with E-state index >= 15 is 0 Å². The summed E-state index contributed by atoms with van der Waals surface area (Å²) in [6, 6.07) is 1.82. The number of fused-ring (bicyclic) bond motifs is 2. The molecule has 5 nitrogen and oxygen atoms in total. The molecular formula is C14H21N3O2S. The van der Waals surface area contributed by atoms with Gasteiger partial charge >= 0.3 is 5.97 Å². The summed E-state index contributed by atoms with van der Waals surface area (Å²) in [5, 5.41) is 9.66. The molecule has 2 aliphatic heterocycles. The highest BCUT2D eigenvalue weighted by molar-refractivity contribution is 7.99. The van der Waals surface area contributed by atoms with Crippen LogP contribution in [0.5, 0.6) is 0 Å². The average molecular weight is 295 g/mol. The van der Waals surface area contributed by atoms with Crippen molar-refractivity contribution >= 4 is 17.7 Å². The van der Waals surface area contributed by atoms with Gasteiger partial charge in [0.15, 0.2) is 5.16 Å². The number of hydrogen-bond donors (Lipinski definition) is 1. The Bertz CT molecular complexity index is 477. The van der Waals surface area contributed by atoms with Crippen molar-refractivity contribution < 1.29 is 9.90 Å². The first-order valence-electron chi connectivity index (χ1n) is 7.24. The Morgan fingerprint density at radius 1 is 1.40 bits per heavy atom. The lowest BCUT2D eigenvalue weighted by atomic mass is 9.82. The lowest BCUT2D eigenvalue weighted by Crippen LogP contribution is -2.50. The van der Waals surface area contributed by atoms with Crippen LogP contribution in [0.1, 0.15) is 38.1 Å². The molecule has 0 spiro atoms. The molecule has 3 rings (SSSR count). The molecule has 20 heavy (non-hydrogen) atoms. The number of carboxylic acid groups (broad SMARTS) is 1. The van der Waals surface area contributed by atoms with Gasteiger partial charge in [-0.15, -0.1) is 0 Å². The number of hydrogen-bond acceptors (Lipinski definition) is 4. The molecule has 0 aromatic carbocycles. The molecule has 0 aliphatic carbocycles. The van der Waals surface area contributed by atoms with Crippen molar-refractivity contribution in [2.45, 2.75) is 55.4 Å². The molecule has 2 fully saturated rings. The lowest BCUT2D eigenvalue weighted by molar-refractivity contribution is -0.133. The Hall–Kier alpha value is -1.01. The van der Waals surface area contributed by atoms with Crippen molar-refractivity contribution in [3.63, 3.8) is 0 Å². The minimum Gasteiger partial charge on any atom is -0.481 e. The Morgan fingerprint density at radius 3 is 2.75 bits per heavy atom. The molecule has 2 bridgehead atoms. The smallest absolute Gasteiger partial charge is 0.313 e. The molecule has 0 saturated carbocycles. The fourth-order valence-corrected chi connectivity index (χ4v) is 4.38. The van der Waals surface area contributed by atoms with E-state index in [1.165, 1.54) is 31.0 Å². The third-order valence-electron chi connectivity index (χ3n) is 4.67. The van der Waals surface area contributed by atoms with Crippen LogP contribution in [0.25, 0.3) is 0 Å². The number of nitrogens with zero attached hydrogens (tertiary/aromatic N) is 3. The topological polar surface area (TPSA) is 58.4 Å². The normalized spacial score (nSPS) is 30.4. The summed E-state index contributed by atoms with van der Waals surface area (Å²) in [7, 11) is 2.25. The molecule has 110 valence electrons. The van der Waals surface area contributed by atoms with E-state index in [0.717, 1.165) is 18.0 Å². The Morgan fingerprint density at radius 2 is 2.10 bits per heavy atom. The fraction of sp³-hybridized carbons (Fsp3) is 0.714. The maximum Gasteiger partial charge on any atom is 0.313 e. The van der Waals surface area contributed by atoms with Gasteiger partial charge in [-0.2, -0.15) is 0 Å². The summed E-state index contributed by atoms with van der Waals surface area (Å²) in [6.45, 7) is 0. The van der Waals surface area contributed by atoms with Crippen LogP contribution in [-0.4, -0.2) is 50.4 Å². The molecule has 2 aliphatic rings. The molecule has 2 atom stereocenters. The number of imidazole rings is 1. The molecule has 0 amide bonds. The lowest BCUT2D eigenvalue weighted by Gasteiger charge is -2.47. The van der Waals surface area contributed by atoms with Gasteiger partial charge in [0.25, 0.3) is 0 Å². The average Bonchev–Trinajstić information content (AvgIpc) is 2.84. The number of carboxylic acids is 1. The first kappa shape index (κ1) is 13.9. The predicted octanol–water partition coefficient (Wildman–Crippen LogP) is 2.25. The van der Waals surface area contributed by atoms with Crippen molar-refractivity contribution in [3.8, 4) is 0 Å². The van der Waals surface area contributed by atoms with Crippen LogP contribution in [0.15, 0.2) is 17.6 Å². The molecule has 6 heteroatoms. The van der Waals surface area contributed by atoms with Crippen molar-refractivity contribution in [1.29, 1.82) is 0 Å². The van der Waals surface area contributed by atoms with Crippen LogP contribution in [0.3, 0.4) is 0 Å². The molecule has 2 saturated heterocycles. The predicted molar refractivity (Wildman–Crippen MR) is 78.0 cm³/mol. The van der Waals surface area contributed by atoms with Crippen LogP contribution in [-0.2, 0) is 4.79 Å². The number of aliphatic carboxylic acids is 1. The monoisotopic (exact) mass is 295 g/mol. The van der Waals surface area contributed by atoms with Gasteiger partial charge in [0.1, 0.15) is 0 Å². The van der Waals surface area contributed by atoms with Crippen LogP contribution < -0.4 is 0 Å². The van der Waals surface area contributed by atoms with Gasteiger partial charge in [-0.05, 0) is 32.7 Å². The van der Waals surface area contributed by atoms with E-state index in [1.54, 1.807) is 6.20 Å². The highest BCUT2D eigenvalue weighted by atomic mass is 32.2. The summed E-state index contributed by atoms with van der Waals surface area (Å²) in [6.07, 6.45) is 10.0. The van der Waals surface area contributed by atoms with Gasteiger partial charge in [-0.25, -0.2) is 4.98 Å². The zero-order chi connectivity index (χ0) is 14.1. The van der Waals surface area contributed by atoms with E-state index in [0.29, 0.717) is 18.1 Å². The van der Waals surface area contributed by atoms with Gasteiger partial charge in [0.05, 0.1) is 5.75 Å². The number of rotatable bonds is 4. The summed E-state index contributed by atoms with van der Waals surface area (Å²) < 4.78 is 2.20. The van der Waals surface area contributed by atoms with E-state index in [-0.39, 0.29) is 5.75 Å². The SMILES string of the molecule is CN1C2CCCC1CC(n1ccnc1SCC(=O)O)C2. The second-order valence-electron chi connectivity index (χ2n) is 5.83. The van der Waals surface area contributed by atoms with E-state index in [2.05, 4.69) is 21.5 Å². The second-order valence-corrected chi connectivity index (χ2v) is 6.77. The molecule has 3 heterocycles. The molecule has 0 radical (unpaired) electrons. The largest absolute Gasteiger partial charge is 0.481 e. The van der Waals surface area contributed by atoms with E-state index in [4.69, 9.17) is 5.11 Å². The number of carbonyl (C=O) groups is 1. The van der Waals surface area contributed by atoms with Gasteiger partial charge in [0.2, 0.25) is 0 Å². The Kier molecular flexibility index (Phi) is 4.03. The molecular weight excluding hydrogens is 274 g/mol. The summed E-state index contributed by atoms with van der Waals surface area (Å²) in [4.78, 5) is 17.6. The molecule has 1 N–H and O–H groups in total. The molecule has 2 unspecified atom stereocenters. The Labute approximate surface area is 123 Å². The van der Waals surface area contributed by atoms with Crippen LogP contribution >= 0.6 is 11.8 Å². The summed E-state index contributed by atoms with van der Waals surface area (Å²) >= 11 is 1.32. The van der Waals surface area contributed by atoms with Crippen molar-refractivity contribution in [3.05, 3.63) is 12.4 Å². The maximum atomic E-state index is 10.7. The van der Waals surface area contributed by atoms with E-state index < -0.39 is 5.97 Å². The van der Waals surface area contributed by atoms with E-state index in [9.17, 15) is 4.79 Å². The standard InChI is InChI=1S/C14H21N3O2S/c1-16-10-3-2-4-11(16)8-12(7-10)17-6-5-15-14(17)20-9-13(18)19/h5-6,10-12H,2-4,7-9H2,1H3,(H,18,19). The minimum atomic E-state index is -0.787. The van der Waals surface area contributed by atoms with Crippen molar-refractivity contribution in [2.75, 3.05) is 12.8 Å². The minimum absolute atomic E-state index is 0.0799. The third kappa shape index (κ3) is 2.72. The zero-order valence-electron chi connectivity index (χ0n) is 11.7. The van der Waals surface area contributed by atoms with Gasteiger partial charge in [0, 0.05) is 30.5 Å². The van der Waals surface area contributed by atoms with Crippen LogP contribution in [0.4, 0.5) is 0 Å². The van der Waals surface area contributed by atoms with Crippen molar-refractivity contribution in [2.24, 2.45) is 0 Å². The summed E-state index contributed by atoms with van der Waals surface area (Å²) in [5.41, 5.74) is 0. The number of thioether (sulfide) groups is 1. The quantitative estimate of drug-likeness (QED) is 0.863. The highest BCUT2D eigenvalue weighted by Crippen LogP contribution is 2.39. The van der Waals surface area contributed by atoms with Gasteiger partial charge in [-0.1, -0.05) is 18.2 Å². The third-order valence-corrected chi connectivity index (χ3v) is 5.63. The Balaban J connectivity index is 1.73. The number of piperidine rings is 2. The summed E-state index contributed by atoms with van der Waals surface area (Å²) in [5.74, 6) is -0.707. The van der Waals surface area contributed by atoms with Gasteiger partial charge in [-0.3, -0.25) is 4.79 Å². The van der Waals surface area contributed by atoms with Crippen LogP contribution in [0.2, 0.25) is 0 Å². The van der Waals surface area contributed by atoms with Gasteiger partial charge < -0.3 is 14.6 Å². The second kappa shape index (κ2) is 5.77. The first-order valence-corrected chi connectivity index (χ1v) is 8.23.